The minimum atomic E-state index is -3.30. The third-order valence-corrected chi connectivity index (χ3v) is 3.38. The Bertz CT molecular complexity index is 562. The molecule has 0 aromatic heterocycles. The Morgan fingerprint density at radius 3 is 2.11 bits per heavy atom. The summed E-state index contributed by atoms with van der Waals surface area (Å²) >= 11 is 0. The molecule has 0 radical (unpaired) electrons. The Morgan fingerprint density at radius 2 is 1.72 bits per heavy atom. The first-order valence-electron chi connectivity index (χ1n) is 4.99. The summed E-state index contributed by atoms with van der Waals surface area (Å²) in [5.41, 5.74) is 0.242. The third kappa shape index (κ3) is 3.56. The van der Waals surface area contributed by atoms with Crippen molar-refractivity contribution >= 4 is 21.7 Å². The molecule has 1 aromatic rings. The lowest BCUT2D eigenvalue weighted by molar-refractivity contribution is -0.137. The second-order valence-electron chi connectivity index (χ2n) is 3.85. The molecule has 0 spiro atoms. The van der Waals surface area contributed by atoms with E-state index in [0.29, 0.717) is 0 Å². The number of amides is 1. The highest BCUT2D eigenvalue weighted by Gasteiger charge is 2.15. The van der Waals surface area contributed by atoms with Gasteiger partial charge in [-0.2, -0.15) is 0 Å². The Kier molecular flexibility index (Phi) is 4.07. The van der Waals surface area contributed by atoms with E-state index in [1.807, 2.05) is 0 Å². The maximum atomic E-state index is 11.8. The monoisotopic (exact) mass is 271 g/mol. The predicted octanol–water partition coefficient (Wildman–Crippen LogP) is 0.247. The normalized spacial score (nSPS) is 11.0. The van der Waals surface area contributed by atoms with Crippen LogP contribution in [0.25, 0.3) is 0 Å². The lowest BCUT2D eigenvalue weighted by atomic mass is 10.2. The molecule has 0 bridgehead atoms. The number of rotatable bonds is 4. The first-order valence-corrected chi connectivity index (χ1v) is 6.88. The third-order valence-electron chi connectivity index (χ3n) is 2.25. The fraction of sp³-hybridized carbons (Fsp3) is 0.273. The number of likely N-dealkylation sites (N-methyl/N-ethyl adjacent to an activating group) is 1. The van der Waals surface area contributed by atoms with Crippen LogP contribution in [0.2, 0.25) is 0 Å². The predicted molar refractivity (Wildman–Crippen MR) is 64.1 cm³/mol. The van der Waals surface area contributed by atoms with Gasteiger partial charge in [0.2, 0.25) is 0 Å². The van der Waals surface area contributed by atoms with Gasteiger partial charge >= 0.3 is 5.97 Å². The van der Waals surface area contributed by atoms with Gasteiger partial charge in [0, 0.05) is 18.9 Å². The summed E-state index contributed by atoms with van der Waals surface area (Å²) in [5, 5.41) is 8.56. The van der Waals surface area contributed by atoms with Crippen molar-refractivity contribution in [3.8, 4) is 0 Å². The summed E-state index contributed by atoms with van der Waals surface area (Å²) in [6.45, 7) is -0.410. The van der Waals surface area contributed by atoms with Crippen LogP contribution in [0, 0.1) is 0 Å². The molecule has 0 fully saturated rings. The number of aliphatic carboxylic acids is 1. The van der Waals surface area contributed by atoms with Crippen molar-refractivity contribution in [2.45, 2.75) is 4.90 Å². The summed E-state index contributed by atoms with van der Waals surface area (Å²) in [6.07, 6.45) is 1.07. The van der Waals surface area contributed by atoms with Gasteiger partial charge in [-0.15, -0.1) is 0 Å². The molecule has 7 heteroatoms. The lowest BCUT2D eigenvalue weighted by Crippen LogP contribution is -2.31. The van der Waals surface area contributed by atoms with E-state index in [1.165, 1.54) is 31.3 Å². The molecule has 1 N–H and O–H groups in total. The van der Waals surface area contributed by atoms with Gasteiger partial charge in [0.05, 0.1) is 4.90 Å². The maximum absolute atomic E-state index is 11.8. The van der Waals surface area contributed by atoms with Crippen LogP contribution < -0.4 is 0 Å². The Balaban J connectivity index is 2.92. The fourth-order valence-corrected chi connectivity index (χ4v) is 1.97. The second kappa shape index (κ2) is 5.18. The van der Waals surface area contributed by atoms with E-state index in [9.17, 15) is 18.0 Å². The van der Waals surface area contributed by atoms with Gasteiger partial charge in [-0.1, -0.05) is 0 Å². The molecular formula is C11H13NO5S. The van der Waals surface area contributed by atoms with Gasteiger partial charge in [0.25, 0.3) is 5.91 Å². The highest BCUT2D eigenvalue weighted by molar-refractivity contribution is 7.90. The van der Waals surface area contributed by atoms with Crippen LogP contribution in [0.5, 0.6) is 0 Å². The van der Waals surface area contributed by atoms with Crippen LogP contribution in [0.3, 0.4) is 0 Å². The van der Waals surface area contributed by atoms with Crippen molar-refractivity contribution in [1.82, 2.24) is 4.90 Å². The topological polar surface area (TPSA) is 91.8 Å². The molecule has 1 amide bonds. The molecule has 0 unspecified atom stereocenters. The van der Waals surface area contributed by atoms with E-state index in [-0.39, 0.29) is 10.5 Å². The van der Waals surface area contributed by atoms with E-state index in [4.69, 9.17) is 5.11 Å². The Hall–Kier alpha value is -1.89. The molecule has 0 saturated heterocycles. The SMILES string of the molecule is CN(CC(=O)O)C(=O)c1ccc(S(C)(=O)=O)cc1. The highest BCUT2D eigenvalue weighted by Crippen LogP contribution is 2.11. The Morgan fingerprint density at radius 1 is 1.22 bits per heavy atom. The molecule has 98 valence electrons. The van der Waals surface area contributed by atoms with E-state index in [0.717, 1.165) is 11.2 Å². The van der Waals surface area contributed by atoms with E-state index < -0.39 is 28.3 Å². The molecule has 1 rings (SSSR count). The number of nitrogens with zero attached hydrogens (tertiary/aromatic N) is 1. The van der Waals surface area contributed by atoms with Crippen molar-refractivity contribution in [3.63, 3.8) is 0 Å². The molecule has 18 heavy (non-hydrogen) atoms. The summed E-state index contributed by atoms with van der Waals surface area (Å²) in [5.74, 6) is -1.59. The highest BCUT2D eigenvalue weighted by atomic mass is 32.2. The van der Waals surface area contributed by atoms with Crippen LogP contribution in [-0.2, 0) is 14.6 Å². The number of carboxylic acids is 1. The zero-order valence-electron chi connectivity index (χ0n) is 9.95. The van der Waals surface area contributed by atoms with Crippen LogP contribution in [0.15, 0.2) is 29.2 Å². The number of benzene rings is 1. The van der Waals surface area contributed by atoms with Gasteiger partial charge in [0.15, 0.2) is 9.84 Å². The zero-order chi connectivity index (χ0) is 13.9. The van der Waals surface area contributed by atoms with Crippen molar-refractivity contribution in [2.75, 3.05) is 19.8 Å². The number of sulfone groups is 1. The number of hydrogen-bond donors (Lipinski definition) is 1. The second-order valence-corrected chi connectivity index (χ2v) is 5.87. The van der Waals surface area contributed by atoms with E-state index in [1.54, 1.807) is 0 Å². The molecule has 6 nitrogen and oxygen atoms in total. The van der Waals surface area contributed by atoms with Gasteiger partial charge < -0.3 is 10.0 Å². The molecule has 0 atom stereocenters. The first-order chi connectivity index (χ1) is 8.21. The zero-order valence-corrected chi connectivity index (χ0v) is 10.8. The summed E-state index contributed by atoms with van der Waals surface area (Å²) in [6, 6.07) is 5.35. The summed E-state index contributed by atoms with van der Waals surface area (Å²) < 4.78 is 22.4. The molecule has 1 aromatic carbocycles. The lowest BCUT2D eigenvalue weighted by Gasteiger charge is -2.14. The molecule has 0 aliphatic heterocycles. The standard InChI is InChI=1S/C11H13NO5S/c1-12(7-10(13)14)11(15)8-3-5-9(6-4-8)18(2,16)17/h3-6H,7H2,1-2H3,(H,13,14). The summed E-state index contributed by atoms with van der Waals surface area (Å²) in [7, 11) is -1.94. The van der Waals surface area contributed by atoms with Crippen LogP contribution in [-0.4, -0.2) is 50.1 Å². The van der Waals surface area contributed by atoms with Crippen molar-refractivity contribution < 1.29 is 23.1 Å². The van der Waals surface area contributed by atoms with Gasteiger partial charge in [0.1, 0.15) is 6.54 Å². The number of carboxylic acid groups (broad SMARTS) is 1. The minimum absolute atomic E-state index is 0.111. The molecule has 0 heterocycles. The van der Waals surface area contributed by atoms with Crippen LogP contribution >= 0.6 is 0 Å². The number of carbonyl (C=O) groups excluding carboxylic acids is 1. The average molecular weight is 271 g/mol. The van der Waals surface area contributed by atoms with Crippen LogP contribution in [0.1, 0.15) is 10.4 Å². The average Bonchev–Trinajstić information content (AvgIpc) is 2.26. The fourth-order valence-electron chi connectivity index (χ4n) is 1.34. The first kappa shape index (κ1) is 14.2. The number of hydrogen-bond acceptors (Lipinski definition) is 4. The van der Waals surface area contributed by atoms with Crippen molar-refractivity contribution in [2.24, 2.45) is 0 Å². The summed E-state index contributed by atoms with van der Waals surface area (Å²) in [4.78, 5) is 23.4. The molecule has 0 aliphatic carbocycles. The van der Waals surface area contributed by atoms with E-state index in [2.05, 4.69) is 0 Å². The molecule has 0 saturated carbocycles. The van der Waals surface area contributed by atoms with Crippen LogP contribution in [0.4, 0.5) is 0 Å². The van der Waals surface area contributed by atoms with Gasteiger partial charge in [-0.05, 0) is 24.3 Å². The number of carbonyl (C=O) groups is 2. The van der Waals surface area contributed by atoms with Crippen molar-refractivity contribution in [1.29, 1.82) is 0 Å². The van der Waals surface area contributed by atoms with Crippen molar-refractivity contribution in [3.05, 3.63) is 29.8 Å². The maximum Gasteiger partial charge on any atom is 0.323 e. The largest absolute Gasteiger partial charge is 0.480 e. The van der Waals surface area contributed by atoms with Gasteiger partial charge in [-0.3, -0.25) is 9.59 Å². The molecule has 0 aliphatic rings. The van der Waals surface area contributed by atoms with Gasteiger partial charge in [-0.25, -0.2) is 8.42 Å². The molecular weight excluding hydrogens is 258 g/mol. The quantitative estimate of drug-likeness (QED) is 0.847. The Labute approximate surface area is 105 Å². The smallest absolute Gasteiger partial charge is 0.323 e. The van der Waals surface area contributed by atoms with E-state index >= 15 is 0 Å². The minimum Gasteiger partial charge on any atom is -0.480 e.